The van der Waals surface area contributed by atoms with Gasteiger partial charge in [0.05, 0.1) is 18.3 Å². The van der Waals surface area contributed by atoms with E-state index < -0.39 is 5.97 Å². The third kappa shape index (κ3) is 4.59. The summed E-state index contributed by atoms with van der Waals surface area (Å²) in [5.41, 5.74) is 2.86. The minimum Gasteiger partial charge on any atom is -0.461 e. The first-order valence-electron chi connectivity index (χ1n) is 9.70. The van der Waals surface area contributed by atoms with Crippen molar-refractivity contribution in [3.63, 3.8) is 0 Å². The summed E-state index contributed by atoms with van der Waals surface area (Å²) in [7, 11) is 0. The third-order valence-electron chi connectivity index (χ3n) is 4.63. The smallest absolute Gasteiger partial charge is 0.348 e. The highest BCUT2D eigenvalue weighted by atomic mass is 32.1. The Morgan fingerprint density at radius 3 is 2.67 bits per heavy atom. The van der Waals surface area contributed by atoms with Gasteiger partial charge in [0.15, 0.2) is 0 Å². The van der Waals surface area contributed by atoms with E-state index in [2.05, 4.69) is 10.3 Å². The highest BCUT2D eigenvalue weighted by Crippen LogP contribution is 2.27. The fraction of sp³-hybridized carbons (Fsp3) is 0.364. The summed E-state index contributed by atoms with van der Waals surface area (Å²) < 4.78 is 6.55. The van der Waals surface area contributed by atoms with Gasteiger partial charge in [-0.1, -0.05) is 26.0 Å². The molecule has 0 atom stereocenters. The number of anilines is 1. The second kappa shape index (κ2) is 8.79. The van der Waals surface area contributed by atoms with Crippen LogP contribution in [0.5, 0.6) is 0 Å². The van der Waals surface area contributed by atoms with Crippen LogP contribution in [-0.4, -0.2) is 28.0 Å². The first-order valence-corrected chi connectivity index (χ1v) is 10.5. The van der Waals surface area contributed by atoms with Crippen LogP contribution in [0, 0.1) is 26.7 Å². The average molecular weight is 428 g/mol. The van der Waals surface area contributed by atoms with E-state index in [0.29, 0.717) is 33.0 Å². The summed E-state index contributed by atoms with van der Waals surface area (Å²) in [6, 6.07) is 5.78. The fourth-order valence-corrected chi connectivity index (χ4v) is 4.02. The van der Waals surface area contributed by atoms with Crippen molar-refractivity contribution in [2.45, 2.75) is 41.2 Å². The van der Waals surface area contributed by atoms with Crippen LogP contribution in [0.2, 0.25) is 0 Å². The Hall–Kier alpha value is -3.00. The molecule has 1 N–H and O–H groups in total. The summed E-state index contributed by atoms with van der Waals surface area (Å²) in [6.07, 6.45) is 1.34. The summed E-state index contributed by atoms with van der Waals surface area (Å²) in [6.45, 7) is 9.60. The normalized spacial score (nSPS) is 11.1. The lowest BCUT2D eigenvalue weighted by Crippen LogP contribution is -2.28. The maximum absolute atomic E-state index is 13.0. The highest BCUT2D eigenvalue weighted by Gasteiger charge is 2.21. The molecule has 8 heteroatoms. The van der Waals surface area contributed by atoms with Crippen LogP contribution in [0.1, 0.15) is 40.2 Å². The van der Waals surface area contributed by atoms with Gasteiger partial charge in [-0.3, -0.25) is 14.2 Å². The lowest BCUT2D eigenvalue weighted by molar-refractivity contribution is -0.116. The predicted octanol–water partition coefficient (Wildman–Crippen LogP) is 3.83. The van der Waals surface area contributed by atoms with E-state index in [9.17, 15) is 14.4 Å². The number of aromatic nitrogens is 2. The van der Waals surface area contributed by atoms with Crippen molar-refractivity contribution in [3.05, 3.63) is 56.4 Å². The molecule has 0 fully saturated rings. The summed E-state index contributed by atoms with van der Waals surface area (Å²) in [5, 5.41) is 3.19. The molecule has 0 bridgehead atoms. The zero-order valence-corrected chi connectivity index (χ0v) is 18.6. The van der Waals surface area contributed by atoms with Crippen LogP contribution in [-0.2, 0) is 16.1 Å². The minimum atomic E-state index is -0.456. The Morgan fingerprint density at radius 1 is 1.23 bits per heavy atom. The van der Waals surface area contributed by atoms with E-state index in [-0.39, 0.29) is 23.9 Å². The van der Waals surface area contributed by atoms with Crippen molar-refractivity contribution in [2.75, 3.05) is 11.9 Å². The minimum absolute atomic E-state index is 0.169. The van der Waals surface area contributed by atoms with Gasteiger partial charge >= 0.3 is 5.97 Å². The molecular formula is C22H25N3O4S. The molecule has 0 aliphatic rings. The number of hydrogen-bond donors (Lipinski definition) is 1. The van der Waals surface area contributed by atoms with E-state index >= 15 is 0 Å². The maximum atomic E-state index is 13.0. The molecule has 2 heterocycles. The second-order valence-corrected chi connectivity index (χ2v) is 8.77. The molecule has 0 aliphatic heterocycles. The number of ether oxygens (including phenoxy) is 1. The number of nitrogens with zero attached hydrogens (tertiary/aromatic N) is 2. The largest absolute Gasteiger partial charge is 0.461 e. The van der Waals surface area contributed by atoms with Crippen LogP contribution in [0.15, 0.2) is 29.3 Å². The number of fused-ring (bicyclic) bond motifs is 1. The zero-order chi connectivity index (χ0) is 22.0. The highest BCUT2D eigenvalue weighted by molar-refractivity contribution is 7.20. The van der Waals surface area contributed by atoms with Crippen LogP contribution >= 0.6 is 11.3 Å². The summed E-state index contributed by atoms with van der Waals surface area (Å²) in [4.78, 5) is 42.9. The monoisotopic (exact) mass is 427 g/mol. The molecule has 1 amide bonds. The molecule has 0 spiro atoms. The molecule has 3 aromatic rings. The first kappa shape index (κ1) is 21.7. The van der Waals surface area contributed by atoms with Crippen molar-refractivity contribution >= 4 is 39.1 Å². The van der Waals surface area contributed by atoms with Gasteiger partial charge in [0.2, 0.25) is 5.91 Å². The number of rotatable bonds is 6. The van der Waals surface area contributed by atoms with Crippen molar-refractivity contribution < 1.29 is 14.3 Å². The Kier molecular flexibility index (Phi) is 6.36. The fourth-order valence-electron chi connectivity index (χ4n) is 2.99. The Balaban J connectivity index is 1.85. The summed E-state index contributed by atoms with van der Waals surface area (Å²) in [5.74, 6) is -0.561. The maximum Gasteiger partial charge on any atom is 0.348 e. The number of thiophene rings is 1. The molecule has 0 saturated carbocycles. The van der Waals surface area contributed by atoms with Gasteiger partial charge in [-0.2, -0.15) is 0 Å². The molecule has 0 unspecified atom stereocenters. The number of hydrogen-bond acceptors (Lipinski definition) is 6. The number of carbonyl (C=O) groups is 2. The van der Waals surface area contributed by atoms with E-state index in [0.717, 1.165) is 22.5 Å². The lowest BCUT2D eigenvalue weighted by atomic mass is 10.1. The van der Waals surface area contributed by atoms with Gasteiger partial charge in [0, 0.05) is 5.69 Å². The van der Waals surface area contributed by atoms with Gasteiger partial charge in [0.1, 0.15) is 16.3 Å². The van der Waals surface area contributed by atoms with Crippen molar-refractivity contribution in [1.29, 1.82) is 0 Å². The molecule has 0 saturated heterocycles. The molecular weight excluding hydrogens is 402 g/mol. The standard InChI is InChI=1S/C22H25N3O4S/c1-12(2)10-29-22(28)19-15(5)18-20(30-19)23-11-25(21(18)27)9-17(26)24-16-8-13(3)6-7-14(16)4/h6-8,11-12H,9-10H2,1-5H3,(H,24,26). The quantitative estimate of drug-likeness (QED) is 0.604. The van der Waals surface area contributed by atoms with E-state index in [1.165, 1.54) is 10.9 Å². The summed E-state index contributed by atoms with van der Waals surface area (Å²) >= 11 is 1.13. The number of carbonyl (C=O) groups excluding carboxylic acids is 2. The number of benzene rings is 1. The van der Waals surface area contributed by atoms with Gasteiger partial charge in [-0.25, -0.2) is 9.78 Å². The third-order valence-corrected chi connectivity index (χ3v) is 5.81. The molecule has 2 aromatic heterocycles. The van der Waals surface area contributed by atoms with E-state index in [1.807, 2.05) is 45.9 Å². The number of nitrogens with one attached hydrogen (secondary N) is 1. The molecule has 7 nitrogen and oxygen atoms in total. The van der Waals surface area contributed by atoms with Crippen molar-refractivity contribution in [1.82, 2.24) is 9.55 Å². The molecule has 0 aliphatic carbocycles. The predicted molar refractivity (Wildman–Crippen MR) is 118 cm³/mol. The SMILES string of the molecule is Cc1ccc(C)c(NC(=O)Cn2cnc3sc(C(=O)OCC(C)C)c(C)c3c2=O)c1. The molecule has 0 radical (unpaired) electrons. The Labute approximate surface area is 178 Å². The van der Waals surface area contributed by atoms with Crippen molar-refractivity contribution in [3.8, 4) is 0 Å². The van der Waals surface area contributed by atoms with Crippen LogP contribution in [0.3, 0.4) is 0 Å². The van der Waals surface area contributed by atoms with Gasteiger partial charge < -0.3 is 10.1 Å². The van der Waals surface area contributed by atoms with E-state index in [1.54, 1.807) is 6.92 Å². The molecule has 3 rings (SSSR count). The molecule has 30 heavy (non-hydrogen) atoms. The lowest BCUT2D eigenvalue weighted by Gasteiger charge is -2.10. The molecule has 158 valence electrons. The average Bonchev–Trinajstić information content (AvgIpc) is 3.02. The topological polar surface area (TPSA) is 90.3 Å². The van der Waals surface area contributed by atoms with Crippen LogP contribution in [0.4, 0.5) is 5.69 Å². The van der Waals surface area contributed by atoms with Crippen molar-refractivity contribution in [2.24, 2.45) is 5.92 Å². The van der Waals surface area contributed by atoms with Crippen LogP contribution in [0.25, 0.3) is 10.2 Å². The van der Waals surface area contributed by atoms with Gasteiger partial charge in [-0.05, 0) is 49.4 Å². The van der Waals surface area contributed by atoms with E-state index in [4.69, 9.17) is 4.74 Å². The van der Waals surface area contributed by atoms with Gasteiger partial charge in [0.25, 0.3) is 5.56 Å². The van der Waals surface area contributed by atoms with Crippen LogP contribution < -0.4 is 10.9 Å². The Morgan fingerprint density at radius 2 is 1.97 bits per heavy atom. The zero-order valence-electron chi connectivity index (χ0n) is 17.7. The second-order valence-electron chi connectivity index (χ2n) is 7.77. The number of aryl methyl sites for hydroxylation is 3. The Bertz CT molecular complexity index is 1180. The molecule has 1 aromatic carbocycles. The number of esters is 1. The van der Waals surface area contributed by atoms with Gasteiger partial charge in [-0.15, -0.1) is 11.3 Å². The first-order chi connectivity index (χ1) is 14.2. The number of amides is 1.